The second kappa shape index (κ2) is 7.23. The van der Waals surface area contributed by atoms with Crippen LogP contribution in [0, 0.1) is 0 Å². The van der Waals surface area contributed by atoms with Gasteiger partial charge in [-0.25, -0.2) is 4.98 Å². The van der Waals surface area contributed by atoms with Gasteiger partial charge in [0, 0.05) is 25.0 Å². The summed E-state index contributed by atoms with van der Waals surface area (Å²) in [6.45, 7) is 6.58. The Labute approximate surface area is 157 Å². The summed E-state index contributed by atoms with van der Waals surface area (Å²) in [6.07, 6.45) is 3.42. The number of rotatable bonds is 4. The summed E-state index contributed by atoms with van der Waals surface area (Å²) in [6, 6.07) is 8.16. The number of piperidine rings is 1. The van der Waals surface area contributed by atoms with Crippen LogP contribution < -0.4 is 0 Å². The van der Waals surface area contributed by atoms with E-state index in [1.54, 1.807) is 0 Å². The van der Waals surface area contributed by atoms with Gasteiger partial charge in [-0.05, 0) is 39.2 Å². The van der Waals surface area contributed by atoms with E-state index in [4.69, 9.17) is 4.98 Å². The first-order valence-corrected chi connectivity index (χ1v) is 10.1. The molecule has 3 heterocycles. The average Bonchev–Trinajstić information content (AvgIpc) is 3.01. The first kappa shape index (κ1) is 17.3. The van der Waals surface area contributed by atoms with Crippen molar-refractivity contribution < 1.29 is 4.79 Å². The van der Waals surface area contributed by atoms with Crippen molar-refractivity contribution in [2.75, 3.05) is 13.1 Å². The highest BCUT2D eigenvalue weighted by molar-refractivity contribution is 8.00. The molecule has 1 aliphatic rings. The maximum atomic E-state index is 12.7. The van der Waals surface area contributed by atoms with Gasteiger partial charge in [-0.1, -0.05) is 30.0 Å². The molecule has 1 aromatic carbocycles. The van der Waals surface area contributed by atoms with Gasteiger partial charge in [-0.15, -0.1) is 10.2 Å². The number of hydrogen-bond donors (Lipinski definition) is 0. The average molecular weight is 369 g/mol. The summed E-state index contributed by atoms with van der Waals surface area (Å²) in [5.74, 6) is 0.175. The predicted octanol–water partition coefficient (Wildman–Crippen LogP) is 3.49. The van der Waals surface area contributed by atoms with Crippen molar-refractivity contribution in [3.63, 3.8) is 0 Å². The van der Waals surface area contributed by atoms with E-state index < -0.39 is 0 Å². The van der Waals surface area contributed by atoms with Crippen molar-refractivity contribution >= 4 is 39.7 Å². The van der Waals surface area contributed by atoms with Gasteiger partial charge in [0.25, 0.3) is 0 Å². The van der Waals surface area contributed by atoms with E-state index in [9.17, 15) is 4.79 Å². The van der Waals surface area contributed by atoms with E-state index in [0.29, 0.717) is 5.16 Å². The summed E-state index contributed by atoms with van der Waals surface area (Å²) in [5, 5.41) is 10.1. The van der Waals surface area contributed by atoms with Crippen LogP contribution >= 0.6 is 11.8 Å². The van der Waals surface area contributed by atoms with E-state index in [-0.39, 0.29) is 11.2 Å². The smallest absolute Gasteiger partial charge is 0.235 e. The Morgan fingerprint density at radius 3 is 2.73 bits per heavy atom. The fourth-order valence-electron chi connectivity index (χ4n) is 3.64. The first-order valence-electron chi connectivity index (χ1n) is 9.26. The zero-order valence-corrected chi connectivity index (χ0v) is 16.0. The third-order valence-corrected chi connectivity index (χ3v) is 5.91. The minimum Gasteiger partial charge on any atom is -0.342 e. The maximum absolute atomic E-state index is 12.7. The number of aromatic nitrogens is 4. The molecule has 2 aromatic heterocycles. The molecule has 1 fully saturated rings. The summed E-state index contributed by atoms with van der Waals surface area (Å²) >= 11 is 1.40. The number of nitrogens with zero attached hydrogens (tertiary/aromatic N) is 5. The number of amides is 1. The fourth-order valence-corrected chi connectivity index (χ4v) is 4.43. The molecule has 26 heavy (non-hydrogen) atoms. The molecule has 1 aliphatic heterocycles. The Morgan fingerprint density at radius 1 is 1.19 bits per heavy atom. The second-order valence-corrected chi connectivity index (χ2v) is 7.98. The molecule has 3 aromatic rings. The SMILES string of the molecule is CCn1c2ccccc2c2nnc(S[C@@H](C)C(=O)N3CCCCC3)nc21. The van der Waals surface area contributed by atoms with E-state index in [1.165, 1.54) is 18.2 Å². The molecule has 0 bridgehead atoms. The number of hydrogen-bond acceptors (Lipinski definition) is 5. The molecule has 1 atom stereocenters. The van der Waals surface area contributed by atoms with Crippen LogP contribution in [0.5, 0.6) is 0 Å². The van der Waals surface area contributed by atoms with Crippen molar-refractivity contribution in [3.05, 3.63) is 24.3 Å². The van der Waals surface area contributed by atoms with Crippen molar-refractivity contribution in [2.45, 2.75) is 50.1 Å². The third kappa shape index (κ3) is 3.05. The van der Waals surface area contributed by atoms with E-state index in [1.807, 2.05) is 24.0 Å². The Kier molecular flexibility index (Phi) is 4.80. The van der Waals surface area contributed by atoms with Crippen molar-refractivity contribution in [1.82, 2.24) is 24.6 Å². The molecule has 6 nitrogen and oxygen atoms in total. The van der Waals surface area contributed by atoms with E-state index >= 15 is 0 Å². The third-order valence-electron chi connectivity index (χ3n) is 4.97. The van der Waals surface area contributed by atoms with Crippen LogP contribution in [0.15, 0.2) is 29.4 Å². The highest BCUT2D eigenvalue weighted by atomic mass is 32.2. The molecule has 4 rings (SSSR count). The van der Waals surface area contributed by atoms with Gasteiger partial charge >= 0.3 is 0 Å². The van der Waals surface area contributed by atoms with E-state index in [0.717, 1.165) is 54.5 Å². The van der Waals surface area contributed by atoms with Gasteiger partial charge in [0.15, 0.2) is 5.65 Å². The normalized spacial score (nSPS) is 16.3. The number of thioether (sulfide) groups is 1. The quantitative estimate of drug-likeness (QED) is 0.659. The first-order chi connectivity index (χ1) is 12.7. The molecular formula is C19H23N5OS. The summed E-state index contributed by atoms with van der Waals surface area (Å²) < 4.78 is 2.15. The van der Waals surface area contributed by atoms with Crippen LogP contribution in [-0.4, -0.2) is 48.9 Å². The monoisotopic (exact) mass is 369 g/mol. The molecule has 1 amide bonds. The molecule has 0 unspecified atom stereocenters. The molecular weight excluding hydrogens is 346 g/mol. The van der Waals surface area contributed by atoms with Gasteiger partial charge in [0.1, 0.15) is 5.52 Å². The molecule has 136 valence electrons. The van der Waals surface area contributed by atoms with Gasteiger partial charge in [0.2, 0.25) is 11.1 Å². The molecule has 1 saturated heterocycles. The van der Waals surface area contributed by atoms with Gasteiger partial charge < -0.3 is 9.47 Å². The lowest BCUT2D eigenvalue weighted by molar-refractivity contribution is -0.131. The lowest BCUT2D eigenvalue weighted by atomic mass is 10.1. The minimum absolute atomic E-state index is 0.175. The zero-order valence-electron chi connectivity index (χ0n) is 15.2. The molecule has 0 saturated carbocycles. The summed E-state index contributed by atoms with van der Waals surface area (Å²) in [5.41, 5.74) is 2.78. The van der Waals surface area contributed by atoms with Crippen LogP contribution in [0.3, 0.4) is 0 Å². The van der Waals surface area contributed by atoms with Crippen molar-refractivity contribution in [2.24, 2.45) is 0 Å². The topological polar surface area (TPSA) is 63.9 Å². The Bertz CT molecular complexity index is 948. The minimum atomic E-state index is -0.202. The summed E-state index contributed by atoms with van der Waals surface area (Å²) in [7, 11) is 0. The zero-order chi connectivity index (χ0) is 18.1. The van der Waals surface area contributed by atoms with Crippen LogP contribution in [-0.2, 0) is 11.3 Å². The lowest BCUT2D eigenvalue weighted by Gasteiger charge is -2.28. The van der Waals surface area contributed by atoms with Gasteiger partial charge in [-0.2, -0.15) is 0 Å². The molecule has 0 N–H and O–H groups in total. The number of benzene rings is 1. The van der Waals surface area contributed by atoms with Crippen LogP contribution in [0.4, 0.5) is 0 Å². The van der Waals surface area contributed by atoms with Crippen molar-refractivity contribution in [3.8, 4) is 0 Å². The number of likely N-dealkylation sites (tertiary alicyclic amines) is 1. The molecule has 0 spiro atoms. The number of carbonyl (C=O) groups is 1. The van der Waals surface area contributed by atoms with Crippen LogP contribution in [0.1, 0.15) is 33.1 Å². The Balaban J connectivity index is 1.63. The Hall–Kier alpha value is -2.15. The number of carbonyl (C=O) groups excluding carboxylic acids is 1. The van der Waals surface area contributed by atoms with E-state index in [2.05, 4.69) is 33.8 Å². The summed E-state index contributed by atoms with van der Waals surface area (Å²) in [4.78, 5) is 19.4. The fraction of sp³-hybridized carbons (Fsp3) is 0.474. The van der Waals surface area contributed by atoms with Crippen LogP contribution in [0.25, 0.3) is 22.1 Å². The standard InChI is InChI=1S/C19H23N5OS/c1-3-24-15-10-6-5-9-14(15)16-17(24)20-19(22-21-16)26-13(2)18(25)23-11-7-4-8-12-23/h5-6,9-10,13H,3-4,7-8,11-12H2,1-2H3/t13-/m0/s1. The number of fused-ring (bicyclic) bond motifs is 3. The highest BCUT2D eigenvalue weighted by Gasteiger charge is 2.24. The molecule has 7 heteroatoms. The molecule has 0 radical (unpaired) electrons. The number of para-hydroxylation sites is 1. The Morgan fingerprint density at radius 2 is 1.96 bits per heavy atom. The largest absolute Gasteiger partial charge is 0.342 e. The van der Waals surface area contributed by atoms with Gasteiger partial charge in [0.05, 0.1) is 10.8 Å². The highest BCUT2D eigenvalue weighted by Crippen LogP contribution is 2.28. The predicted molar refractivity (Wildman–Crippen MR) is 104 cm³/mol. The number of aryl methyl sites for hydroxylation is 1. The maximum Gasteiger partial charge on any atom is 0.235 e. The second-order valence-electron chi connectivity index (χ2n) is 6.67. The van der Waals surface area contributed by atoms with Crippen LogP contribution in [0.2, 0.25) is 0 Å². The van der Waals surface area contributed by atoms with Crippen molar-refractivity contribution in [1.29, 1.82) is 0 Å². The van der Waals surface area contributed by atoms with Gasteiger partial charge in [-0.3, -0.25) is 4.79 Å². The molecule has 0 aliphatic carbocycles. The lowest BCUT2D eigenvalue weighted by Crippen LogP contribution is -2.40.